The first-order valence-corrected chi connectivity index (χ1v) is 5.39. The number of hydrogen-bond acceptors (Lipinski definition) is 0. The summed E-state index contributed by atoms with van der Waals surface area (Å²) in [5.74, 6) is 0. The van der Waals surface area contributed by atoms with E-state index < -0.39 is 0 Å². The lowest BCUT2D eigenvalue weighted by Gasteiger charge is -2.05. The Bertz CT molecular complexity index is 309. The molecule has 14 heavy (non-hydrogen) atoms. The van der Waals surface area contributed by atoms with Gasteiger partial charge in [0.1, 0.15) is 0 Å². The van der Waals surface area contributed by atoms with Crippen molar-refractivity contribution in [2.24, 2.45) is 0 Å². The van der Waals surface area contributed by atoms with Crippen LogP contribution in [0.4, 0.5) is 0 Å². The predicted molar refractivity (Wildman–Crippen MR) is 64.6 cm³/mol. The second-order valence-corrected chi connectivity index (χ2v) is 3.97. The molecule has 0 radical (unpaired) electrons. The van der Waals surface area contributed by atoms with E-state index in [1.165, 1.54) is 35.1 Å². The van der Waals surface area contributed by atoms with Crippen LogP contribution in [0.15, 0.2) is 18.2 Å². The molecule has 0 aliphatic heterocycles. The van der Waals surface area contributed by atoms with Gasteiger partial charge in [0.15, 0.2) is 0 Å². The number of unbranched alkanes of at least 4 members (excludes halogenated alkanes) is 1. The Hall–Kier alpha value is -1.04. The minimum absolute atomic E-state index is 1.17. The molecule has 0 saturated carbocycles. The van der Waals surface area contributed by atoms with Crippen LogP contribution >= 0.6 is 0 Å². The predicted octanol–water partition coefficient (Wildman–Crippen LogP) is 4.43. The summed E-state index contributed by atoms with van der Waals surface area (Å²) in [6, 6.07) is 4.52. The summed E-state index contributed by atoms with van der Waals surface area (Å²) in [5, 5.41) is 0. The molecule has 1 aromatic rings. The zero-order valence-corrected chi connectivity index (χ0v) is 9.72. The van der Waals surface area contributed by atoms with Crippen molar-refractivity contribution in [3.63, 3.8) is 0 Å². The third-order valence-corrected chi connectivity index (χ3v) is 2.72. The molecular formula is C14H20. The Kier molecular flexibility index (Phi) is 3.94. The molecule has 0 saturated heterocycles. The van der Waals surface area contributed by atoms with Crippen molar-refractivity contribution in [1.29, 1.82) is 0 Å². The van der Waals surface area contributed by atoms with Gasteiger partial charge in [-0.2, -0.15) is 0 Å². The maximum absolute atomic E-state index is 2.26. The standard InChI is InChI=1S/C14H20/c1-5-6-7-8-14-9-11(2)13(4)12(3)10-14/h7-10H,5-6H2,1-4H3. The van der Waals surface area contributed by atoms with Gasteiger partial charge in [-0.1, -0.05) is 37.6 Å². The summed E-state index contributed by atoms with van der Waals surface area (Å²) in [7, 11) is 0. The molecule has 76 valence electrons. The van der Waals surface area contributed by atoms with Gasteiger partial charge in [-0.15, -0.1) is 0 Å². The third-order valence-electron chi connectivity index (χ3n) is 2.72. The summed E-state index contributed by atoms with van der Waals surface area (Å²) in [5.41, 5.74) is 5.53. The van der Waals surface area contributed by atoms with Crippen LogP contribution in [-0.2, 0) is 0 Å². The molecule has 0 spiro atoms. The monoisotopic (exact) mass is 188 g/mol. The van der Waals surface area contributed by atoms with Crippen LogP contribution in [0, 0.1) is 20.8 Å². The molecule has 0 heterocycles. The van der Waals surface area contributed by atoms with E-state index in [2.05, 4.69) is 52.0 Å². The Balaban J connectivity index is 2.89. The van der Waals surface area contributed by atoms with Crippen molar-refractivity contribution in [2.45, 2.75) is 40.5 Å². The Morgan fingerprint density at radius 1 is 1.07 bits per heavy atom. The fourth-order valence-electron chi connectivity index (χ4n) is 1.55. The van der Waals surface area contributed by atoms with Gasteiger partial charge in [0, 0.05) is 0 Å². The maximum atomic E-state index is 2.26. The summed E-state index contributed by atoms with van der Waals surface area (Å²) in [4.78, 5) is 0. The van der Waals surface area contributed by atoms with E-state index in [0.717, 1.165) is 0 Å². The van der Waals surface area contributed by atoms with Crippen LogP contribution in [0.5, 0.6) is 0 Å². The molecule has 0 amide bonds. The van der Waals surface area contributed by atoms with Gasteiger partial charge in [0.05, 0.1) is 0 Å². The first-order chi connectivity index (χ1) is 6.65. The highest BCUT2D eigenvalue weighted by atomic mass is 14.0. The lowest BCUT2D eigenvalue weighted by atomic mass is 10.0. The zero-order valence-electron chi connectivity index (χ0n) is 9.72. The number of rotatable bonds is 3. The first kappa shape index (κ1) is 11.0. The molecule has 0 nitrogen and oxygen atoms in total. The van der Waals surface area contributed by atoms with Gasteiger partial charge in [0.25, 0.3) is 0 Å². The number of benzene rings is 1. The van der Waals surface area contributed by atoms with E-state index in [4.69, 9.17) is 0 Å². The third kappa shape index (κ3) is 2.73. The van der Waals surface area contributed by atoms with E-state index in [1.54, 1.807) is 0 Å². The van der Waals surface area contributed by atoms with Crippen molar-refractivity contribution in [3.8, 4) is 0 Å². The fourth-order valence-corrected chi connectivity index (χ4v) is 1.55. The second-order valence-electron chi connectivity index (χ2n) is 3.97. The second kappa shape index (κ2) is 4.99. The zero-order chi connectivity index (χ0) is 10.6. The summed E-state index contributed by atoms with van der Waals surface area (Å²) < 4.78 is 0. The van der Waals surface area contributed by atoms with Gasteiger partial charge in [-0.25, -0.2) is 0 Å². The Labute approximate surface area is 87.7 Å². The topological polar surface area (TPSA) is 0 Å². The number of allylic oxidation sites excluding steroid dienone is 1. The highest BCUT2D eigenvalue weighted by Crippen LogP contribution is 2.16. The minimum atomic E-state index is 1.17. The minimum Gasteiger partial charge on any atom is -0.0840 e. The molecule has 0 heteroatoms. The molecule has 0 fully saturated rings. The van der Waals surface area contributed by atoms with Gasteiger partial charge < -0.3 is 0 Å². The maximum Gasteiger partial charge on any atom is -0.0254 e. The average molecular weight is 188 g/mol. The van der Waals surface area contributed by atoms with Crippen molar-refractivity contribution in [3.05, 3.63) is 40.5 Å². The molecule has 0 N–H and O–H groups in total. The molecule has 0 bridgehead atoms. The first-order valence-electron chi connectivity index (χ1n) is 5.39. The number of hydrogen-bond donors (Lipinski definition) is 0. The van der Waals surface area contributed by atoms with Crippen LogP contribution in [0.1, 0.15) is 42.0 Å². The van der Waals surface area contributed by atoms with Crippen LogP contribution in [-0.4, -0.2) is 0 Å². The van der Waals surface area contributed by atoms with E-state index >= 15 is 0 Å². The summed E-state index contributed by atoms with van der Waals surface area (Å²) in [6.45, 7) is 8.75. The van der Waals surface area contributed by atoms with Crippen LogP contribution in [0.2, 0.25) is 0 Å². The molecule has 0 atom stereocenters. The molecule has 0 aliphatic carbocycles. The average Bonchev–Trinajstić information content (AvgIpc) is 2.14. The van der Waals surface area contributed by atoms with Gasteiger partial charge >= 0.3 is 0 Å². The van der Waals surface area contributed by atoms with Gasteiger partial charge in [-0.05, 0) is 49.4 Å². The lowest BCUT2D eigenvalue weighted by Crippen LogP contribution is -1.87. The molecule has 1 aromatic carbocycles. The van der Waals surface area contributed by atoms with E-state index in [9.17, 15) is 0 Å². The Morgan fingerprint density at radius 2 is 1.64 bits per heavy atom. The van der Waals surface area contributed by atoms with Gasteiger partial charge in [-0.3, -0.25) is 0 Å². The number of aryl methyl sites for hydroxylation is 2. The van der Waals surface area contributed by atoms with Crippen molar-refractivity contribution in [2.75, 3.05) is 0 Å². The lowest BCUT2D eigenvalue weighted by molar-refractivity contribution is 0.962. The Morgan fingerprint density at radius 3 is 2.14 bits per heavy atom. The molecule has 0 unspecified atom stereocenters. The SMILES string of the molecule is CCCC=Cc1cc(C)c(C)c(C)c1. The van der Waals surface area contributed by atoms with E-state index in [1.807, 2.05) is 0 Å². The quantitative estimate of drug-likeness (QED) is 0.658. The molecule has 0 aromatic heterocycles. The van der Waals surface area contributed by atoms with E-state index in [-0.39, 0.29) is 0 Å². The van der Waals surface area contributed by atoms with Crippen molar-refractivity contribution >= 4 is 6.08 Å². The molecular weight excluding hydrogens is 168 g/mol. The van der Waals surface area contributed by atoms with Crippen molar-refractivity contribution < 1.29 is 0 Å². The summed E-state index contributed by atoms with van der Waals surface area (Å²) in [6.07, 6.45) is 6.87. The van der Waals surface area contributed by atoms with Crippen molar-refractivity contribution in [1.82, 2.24) is 0 Å². The highest BCUT2D eigenvalue weighted by Gasteiger charge is 1.97. The smallest absolute Gasteiger partial charge is 0.0254 e. The highest BCUT2D eigenvalue weighted by molar-refractivity contribution is 5.53. The van der Waals surface area contributed by atoms with E-state index in [0.29, 0.717) is 0 Å². The normalized spacial score (nSPS) is 11.1. The van der Waals surface area contributed by atoms with Crippen LogP contribution in [0.25, 0.3) is 6.08 Å². The largest absolute Gasteiger partial charge is 0.0840 e. The van der Waals surface area contributed by atoms with Gasteiger partial charge in [0.2, 0.25) is 0 Å². The summed E-state index contributed by atoms with van der Waals surface area (Å²) >= 11 is 0. The van der Waals surface area contributed by atoms with Crippen LogP contribution in [0.3, 0.4) is 0 Å². The van der Waals surface area contributed by atoms with Crippen LogP contribution < -0.4 is 0 Å². The fraction of sp³-hybridized carbons (Fsp3) is 0.429. The molecule has 0 aliphatic rings. The molecule has 1 rings (SSSR count).